The highest BCUT2D eigenvalue weighted by molar-refractivity contribution is 5.33. The second-order valence-electron chi connectivity index (χ2n) is 7.42. The van der Waals surface area contributed by atoms with Crippen LogP contribution >= 0.6 is 0 Å². The van der Waals surface area contributed by atoms with E-state index in [0.29, 0.717) is 0 Å². The Labute approximate surface area is 155 Å². The molecule has 0 radical (unpaired) electrons. The van der Waals surface area contributed by atoms with Gasteiger partial charge >= 0.3 is 0 Å². The Balaban J connectivity index is 1.65. The largest absolute Gasteiger partial charge is 0.497 e. The van der Waals surface area contributed by atoms with E-state index >= 15 is 0 Å². The van der Waals surface area contributed by atoms with Gasteiger partial charge in [0.25, 0.3) is 0 Å². The van der Waals surface area contributed by atoms with Gasteiger partial charge in [-0.2, -0.15) is 0 Å². The maximum absolute atomic E-state index is 11.1. The molecule has 0 spiro atoms. The Morgan fingerprint density at radius 2 is 1.19 bits per heavy atom. The van der Waals surface area contributed by atoms with Crippen molar-refractivity contribution in [3.63, 3.8) is 0 Å². The molecule has 1 aliphatic heterocycles. The van der Waals surface area contributed by atoms with Crippen molar-refractivity contribution in [3.8, 4) is 11.5 Å². The molecule has 0 amide bonds. The van der Waals surface area contributed by atoms with Crippen LogP contribution in [0.3, 0.4) is 0 Å². The van der Waals surface area contributed by atoms with Gasteiger partial charge in [0.05, 0.1) is 20.3 Å². The van der Waals surface area contributed by atoms with E-state index in [-0.39, 0.29) is 30.0 Å². The van der Waals surface area contributed by atoms with E-state index < -0.39 is 0 Å². The Morgan fingerprint density at radius 1 is 0.769 bits per heavy atom. The number of aliphatic hydroxyl groups is 1. The van der Waals surface area contributed by atoms with Crippen LogP contribution in [-0.2, 0) is 0 Å². The molecule has 2 aromatic rings. The van der Waals surface area contributed by atoms with E-state index in [2.05, 4.69) is 29.6 Å². The van der Waals surface area contributed by atoms with Crippen LogP contribution in [0.4, 0.5) is 0 Å². The summed E-state index contributed by atoms with van der Waals surface area (Å²) in [6.07, 6.45) is 3.03. The monoisotopic (exact) mass is 353 g/mol. The normalized spacial score (nSPS) is 30.7. The predicted molar refractivity (Wildman–Crippen MR) is 101 cm³/mol. The molecule has 2 fully saturated rings. The molecular weight excluding hydrogens is 326 g/mol. The van der Waals surface area contributed by atoms with E-state index in [1.54, 1.807) is 14.2 Å². The quantitative estimate of drug-likeness (QED) is 0.876. The average molecular weight is 353 g/mol. The smallest absolute Gasteiger partial charge is 0.118 e. The molecule has 4 nitrogen and oxygen atoms in total. The zero-order chi connectivity index (χ0) is 18.1. The van der Waals surface area contributed by atoms with E-state index in [4.69, 9.17) is 9.47 Å². The standard InChI is InChI=1S/C22H27NO3/c1-25-16-10-6-14(7-11-16)20-18-4-3-5-19(22(18)24)21(23-20)15-8-12-17(26-2)13-9-15/h6-13,18-24H,3-5H2,1-2H3. The number of hydrogen-bond acceptors (Lipinski definition) is 4. The molecule has 4 atom stereocenters. The van der Waals surface area contributed by atoms with Crippen LogP contribution in [0.25, 0.3) is 0 Å². The summed E-state index contributed by atoms with van der Waals surface area (Å²) in [6, 6.07) is 16.8. The molecule has 26 heavy (non-hydrogen) atoms. The first-order valence-electron chi connectivity index (χ1n) is 9.43. The molecule has 2 bridgehead atoms. The van der Waals surface area contributed by atoms with Crippen LogP contribution in [-0.4, -0.2) is 25.4 Å². The van der Waals surface area contributed by atoms with Gasteiger partial charge in [-0.1, -0.05) is 30.7 Å². The number of ether oxygens (including phenoxy) is 2. The third kappa shape index (κ3) is 3.08. The lowest BCUT2D eigenvalue weighted by Gasteiger charge is -2.50. The van der Waals surface area contributed by atoms with Crippen molar-refractivity contribution in [2.45, 2.75) is 37.5 Å². The van der Waals surface area contributed by atoms with Gasteiger partial charge in [0.1, 0.15) is 11.5 Å². The van der Waals surface area contributed by atoms with Gasteiger partial charge in [-0.25, -0.2) is 0 Å². The van der Waals surface area contributed by atoms with Gasteiger partial charge in [0.2, 0.25) is 0 Å². The summed E-state index contributed by atoms with van der Waals surface area (Å²) in [6.45, 7) is 0. The van der Waals surface area contributed by atoms with Gasteiger partial charge in [-0.3, -0.25) is 0 Å². The molecule has 1 aliphatic carbocycles. The molecule has 2 aliphatic rings. The van der Waals surface area contributed by atoms with Crippen LogP contribution in [0.5, 0.6) is 11.5 Å². The van der Waals surface area contributed by atoms with Crippen LogP contribution in [0, 0.1) is 11.8 Å². The molecular formula is C22H27NO3. The summed E-state index contributed by atoms with van der Waals surface area (Å²) in [7, 11) is 3.37. The lowest BCUT2D eigenvalue weighted by atomic mass is 9.66. The van der Waals surface area contributed by atoms with E-state index in [9.17, 15) is 5.11 Å². The van der Waals surface area contributed by atoms with Gasteiger partial charge in [-0.05, 0) is 48.2 Å². The molecule has 0 aromatic heterocycles. The topological polar surface area (TPSA) is 50.7 Å². The van der Waals surface area contributed by atoms with Crippen molar-refractivity contribution >= 4 is 0 Å². The van der Waals surface area contributed by atoms with Gasteiger partial charge < -0.3 is 19.9 Å². The number of methoxy groups -OCH3 is 2. The van der Waals surface area contributed by atoms with Crippen molar-refractivity contribution in [2.24, 2.45) is 11.8 Å². The molecule has 4 heteroatoms. The maximum Gasteiger partial charge on any atom is 0.118 e. The fourth-order valence-electron chi connectivity index (χ4n) is 4.73. The van der Waals surface area contributed by atoms with Crippen molar-refractivity contribution in [2.75, 3.05) is 14.2 Å². The Bertz CT molecular complexity index is 667. The fourth-order valence-corrected chi connectivity index (χ4v) is 4.73. The third-order valence-corrected chi connectivity index (χ3v) is 6.12. The van der Waals surface area contributed by atoms with Crippen LogP contribution in [0.2, 0.25) is 0 Å². The Hall–Kier alpha value is -2.04. The van der Waals surface area contributed by atoms with Crippen LogP contribution in [0.15, 0.2) is 48.5 Å². The molecule has 4 unspecified atom stereocenters. The summed E-state index contributed by atoms with van der Waals surface area (Å²) < 4.78 is 10.6. The number of fused-ring (bicyclic) bond motifs is 2. The second-order valence-corrected chi connectivity index (χ2v) is 7.42. The minimum atomic E-state index is -0.274. The first-order chi connectivity index (χ1) is 12.7. The predicted octanol–water partition coefficient (Wildman–Crippen LogP) is 3.87. The number of hydrogen-bond donors (Lipinski definition) is 2. The molecule has 2 aromatic carbocycles. The number of rotatable bonds is 4. The van der Waals surface area contributed by atoms with E-state index in [1.165, 1.54) is 17.5 Å². The average Bonchev–Trinajstić information content (AvgIpc) is 2.68. The van der Waals surface area contributed by atoms with Gasteiger partial charge in [0, 0.05) is 23.9 Å². The number of aliphatic hydroxyl groups excluding tert-OH is 1. The Kier molecular flexibility index (Phi) is 4.88. The molecule has 1 saturated heterocycles. The summed E-state index contributed by atoms with van der Waals surface area (Å²) in [5, 5.41) is 14.9. The SMILES string of the molecule is COc1ccc(C2NC(c3ccc(OC)cc3)C3CCCC2C3O)cc1. The summed E-state index contributed by atoms with van der Waals surface area (Å²) in [5.74, 6) is 2.24. The molecule has 1 saturated carbocycles. The Morgan fingerprint density at radius 3 is 1.58 bits per heavy atom. The second kappa shape index (κ2) is 7.29. The third-order valence-electron chi connectivity index (χ3n) is 6.12. The van der Waals surface area contributed by atoms with Crippen molar-refractivity contribution < 1.29 is 14.6 Å². The van der Waals surface area contributed by atoms with Crippen LogP contribution < -0.4 is 14.8 Å². The van der Waals surface area contributed by atoms with E-state index in [1.807, 2.05) is 24.3 Å². The van der Waals surface area contributed by atoms with Gasteiger partial charge in [-0.15, -0.1) is 0 Å². The summed E-state index contributed by atoms with van der Waals surface area (Å²) in [5.41, 5.74) is 2.43. The number of piperidine rings is 1. The highest BCUT2D eigenvalue weighted by atomic mass is 16.5. The maximum atomic E-state index is 11.1. The summed E-state index contributed by atoms with van der Waals surface area (Å²) >= 11 is 0. The van der Waals surface area contributed by atoms with Crippen LogP contribution in [0.1, 0.15) is 42.5 Å². The molecule has 138 valence electrons. The van der Waals surface area contributed by atoms with Crippen molar-refractivity contribution in [1.82, 2.24) is 5.32 Å². The number of benzene rings is 2. The van der Waals surface area contributed by atoms with Crippen molar-refractivity contribution in [1.29, 1.82) is 0 Å². The molecule has 1 heterocycles. The molecule has 2 N–H and O–H groups in total. The zero-order valence-electron chi connectivity index (χ0n) is 15.4. The summed E-state index contributed by atoms with van der Waals surface area (Å²) in [4.78, 5) is 0. The minimum Gasteiger partial charge on any atom is -0.497 e. The highest BCUT2D eigenvalue weighted by Crippen LogP contribution is 2.48. The fraction of sp³-hybridized carbons (Fsp3) is 0.455. The number of nitrogens with one attached hydrogen (secondary N) is 1. The highest BCUT2D eigenvalue weighted by Gasteiger charge is 2.46. The van der Waals surface area contributed by atoms with Crippen molar-refractivity contribution in [3.05, 3.63) is 59.7 Å². The lowest BCUT2D eigenvalue weighted by Crippen LogP contribution is -2.52. The van der Waals surface area contributed by atoms with E-state index in [0.717, 1.165) is 24.3 Å². The lowest BCUT2D eigenvalue weighted by molar-refractivity contribution is -0.0517. The zero-order valence-corrected chi connectivity index (χ0v) is 15.4. The first kappa shape index (κ1) is 17.4. The molecule has 4 rings (SSSR count). The first-order valence-corrected chi connectivity index (χ1v) is 9.43. The minimum absolute atomic E-state index is 0.152. The van der Waals surface area contributed by atoms with Gasteiger partial charge in [0.15, 0.2) is 0 Å².